The van der Waals surface area contributed by atoms with Crippen molar-refractivity contribution in [1.29, 1.82) is 0 Å². The second kappa shape index (κ2) is 5.31. The maximum Gasteiger partial charge on any atom is 0.410 e. The molecule has 2 N–H and O–H groups in total. The van der Waals surface area contributed by atoms with Crippen LogP contribution in [0.4, 0.5) is 4.79 Å². The molecule has 2 heterocycles. The largest absolute Gasteiger partial charge is 0.444 e. The predicted octanol–water partition coefficient (Wildman–Crippen LogP) is 2.90. The van der Waals surface area contributed by atoms with E-state index >= 15 is 0 Å². The molecule has 2 aliphatic rings. The van der Waals surface area contributed by atoms with E-state index in [1.54, 1.807) is 0 Å². The molecule has 2 fully saturated rings. The molecule has 0 saturated carbocycles. The van der Waals surface area contributed by atoms with Crippen molar-refractivity contribution in [1.82, 2.24) is 4.90 Å². The molecule has 2 rings (SSSR count). The second-order valence-corrected chi connectivity index (χ2v) is 7.04. The first-order chi connectivity index (χ1) is 8.83. The van der Waals surface area contributed by atoms with Crippen molar-refractivity contribution in [3.63, 3.8) is 0 Å². The Balaban J connectivity index is 2.11. The lowest BCUT2D eigenvalue weighted by atomic mass is 9.83. The van der Waals surface area contributed by atoms with Crippen LogP contribution in [0.25, 0.3) is 0 Å². The first kappa shape index (κ1) is 14.6. The summed E-state index contributed by atoms with van der Waals surface area (Å²) in [5, 5.41) is 0. The van der Waals surface area contributed by atoms with Gasteiger partial charge in [0.25, 0.3) is 0 Å². The molecule has 4 unspecified atom stereocenters. The lowest BCUT2D eigenvalue weighted by molar-refractivity contribution is -0.00552. The predicted molar refractivity (Wildman–Crippen MR) is 75.9 cm³/mol. The van der Waals surface area contributed by atoms with E-state index in [9.17, 15) is 4.79 Å². The van der Waals surface area contributed by atoms with Crippen LogP contribution in [-0.2, 0) is 4.74 Å². The van der Waals surface area contributed by atoms with E-state index in [0.717, 1.165) is 32.1 Å². The minimum Gasteiger partial charge on any atom is -0.444 e. The van der Waals surface area contributed by atoms with Crippen LogP contribution < -0.4 is 5.73 Å². The number of hydrogen-bond donors (Lipinski definition) is 1. The van der Waals surface area contributed by atoms with E-state index < -0.39 is 5.60 Å². The van der Waals surface area contributed by atoms with Crippen LogP contribution in [0.3, 0.4) is 0 Å². The van der Waals surface area contributed by atoms with E-state index in [0.29, 0.717) is 18.0 Å². The third-order valence-corrected chi connectivity index (χ3v) is 4.36. The summed E-state index contributed by atoms with van der Waals surface area (Å²) >= 11 is 0. The van der Waals surface area contributed by atoms with Gasteiger partial charge in [0.15, 0.2) is 0 Å². The third kappa shape index (κ3) is 3.04. The number of rotatable bonds is 2. The molecule has 1 amide bonds. The van der Waals surface area contributed by atoms with Gasteiger partial charge in [-0.05, 0) is 52.4 Å². The van der Waals surface area contributed by atoms with Crippen molar-refractivity contribution in [2.24, 2.45) is 11.7 Å². The number of nitrogens with two attached hydrogens (primary N) is 1. The highest BCUT2D eigenvalue weighted by Gasteiger charge is 2.48. The Kier molecular flexibility index (Phi) is 4.09. The number of carbonyl (C=O) groups excluding carboxylic acids is 1. The number of amides is 1. The third-order valence-electron chi connectivity index (χ3n) is 4.36. The first-order valence-corrected chi connectivity index (χ1v) is 7.60. The van der Waals surface area contributed by atoms with Crippen LogP contribution in [0.2, 0.25) is 0 Å². The van der Waals surface area contributed by atoms with Crippen LogP contribution in [0.15, 0.2) is 0 Å². The highest BCUT2D eigenvalue weighted by molar-refractivity contribution is 5.69. The zero-order valence-electron chi connectivity index (χ0n) is 12.7. The molecule has 0 radical (unpaired) electrons. The summed E-state index contributed by atoms with van der Waals surface area (Å²) in [6.45, 7) is 7.95. The van der Waals surface area contributed by atoms with Crippen molar-refractivity contribution in [3.05, 3.63) is 0 Å². The molecule has 0 aromatic carbocycles. The van der Waals surface area contributed by atoms with Gasteiger partial charge >= 0.3 is 6.09 Å². The zero-order valence-corrected chi connectivity index (χ0v) is 12.7. The highest BCUT2D eigenvalue weighted by Crippen LogP contribution is 2.41. The normalized spacial score (nSPS) is 34.5. The number of piperidine rings is 1. The van der Waals surface area contributed by atoms with E-state index in [-0.39, 0.29) is 12.1 Å². The minimum absolute atomic E-state index is 0.145. The number of ether oxygens (including phenoxy) is 1. The Hall–Kier alpha value is -0.770. The SMILES string of the molecule is CCCC1C(N)CC2CCC1N2C(=O)OC(C)(C)C. The highest BCUT2D eigenvalue weighted by atomic mass is 16.6. The van der Waals surface area contributed by atoms with Crippen LogP contribution in [-0.4, -0.2) is 34.7 Å². The molecule has 110 valence electrons. The fourth-order valence-corrected chi connectivity index (χ4v) is 3.68. The molecule has 2 bridgehead atoms. The Morgan fingerprint density at radius 1 is 1.37 bits per heavy atom. The molecule has 4 heteroatoms. The Morgan fingerprint density at radius 2 is 2.05 bits per heavy atom. The minimum atomic E-state index is -0.420. The van der Waals surface area contributed by atoms with E-state index in [4.69, 9.17) is 10.5 Å². The van der Waals surface area contributed by atoms with Crippen LogP contribution in [0.5, 0.6) is 0 Å². The van der Waals surface area contributed by atoms with Crippen molar-refractivity contribution in [3.8, 4) is 0 Å². The smallest absolute Gasteiger partial charge is 0.410 e. The van der Waals surface area contributed by atoms with Gasteiger partial charge in [-0.1, -0.05) is 13.3 Å². The number of hydrogen-bond acceptors (Lipinski definition) is 3. The van der Waals surface area contributed by atoms with Gasteiger partial charge in [-0.3, -0.25) is 0 Å². The zero-order chi connectivity index (χ0) is 14.2. The summed E-state index contributed by atoms with van der Waals surface area (Å²) < 4.78 is 5.57. The van der Waals surface area contributed by atoms with Crippen LogP contribution >= 0.6 is 0 Å². The maximum atomic E-state index is 12.4. The van der Waals surface area contributed by atoms with Crippen molar-refractivity contribution in [2.45, 2.75) is 83.5 Å². The Bertz CT molecular complexity index is 338. The summed E-state index contributed by atoms with van der Waals surface area (Å²) in [7, 11) is 0. The molecular formula is C15H28N2O2. The molecular weight excluding hydrogens is 240 g/mol. The van der Waals surface area contributed by atoms with Gasteiger partial charge in [0.2, 0.25) is 0 Å². The van der Waals surface area contributed by atoms with Gasteiger partial charge < -0.3 is 15.4 Å². The van der Waals surface area contributed by atoms with Gasteiger partial charge in [0.1, 0.15) is 5.60 Å². The van der Waals surface area contributed by atoms with Crippen molar-refractivity contribution < 1.29 is 9.53 Å². The van der Waals surface area contributed by atoms with E-state index in [1.165, 1.54) is 0 Å². The Labute approximate surface area is 116 Å². The number of fused-ring (bicyclic) bond motifs is 2. The van der Waals surface area contributed by atoms with E-state index in [1.807, 2.05) is 25.7 Å². The number of nitrogens with zero attached hydrogens (tertiary/aromatic N) is 1. The van der Waals surface area contributed by atoms with Crippen molar-refractivity contribution in [2.75, 3.05) is 0 Å². The molecule has 4 atom stereocenters. The molecule has 19 heavy (non-hydrogen) atoms. The average Bonchev–Trinajstić information content (AvgIpc) is 2.60. The summed E-state index contributed by atoms with van der Waals surface area (Å²) in [5.74, 6) is 0.441. The summed E-state index contributed by atoms with van der Waals surface area (Å²) in [6, 6.07) is 0.836. The van der Waals surface area contributed by atoms with Gasteiger partial charge in [0, 0.05) is 18.1 Å². The van der Waals surface area contributed by atoms with Crippen LogP contribution in [0.1, 0.15) is 59.8 Å². The average molecular weight is 268 g/mol. The Morgan fingerprint density at radius 3 is 2.63 bits per heavy atom. The monoisotopic (exact) mass is 268 g/mol. The number of carbonyl (C=O) groups is 1. The molecule has 4 nitrogen and oxygen atoms in total. The van der Waals surface area contributed by atoms with E-state index in [2.05, 4.69) is 6.92 Å². The topological polar surface area (TPSA) is 55.6 Å². The maximum absolute atomic E-state index is 12.4. The molecule has 0 aliphatic carbocycles. The van der Waals surface area contributed by atoms with Crippen LogP contribution in [0, 0.1) is 5.92 Å². The molecule has 0 aromatic rings. The van der Waals surface area contributed by atoms with Crippen molar-refractivity contribution >= 4 is 6.09 Å². The van der Waals surface area contributed by atoms with Gasteiger partial charge in [-0.15, -0.1) is 0 Å². The van der Waals surface area contributed by atoms with Gasteiger partial charge in [-0.2, -0.15) is 0 Å². The fourth-order valence-electron chi connectivity index (χ4n) is 3.68. The van der Waals surface area contributed by atoms with Gasteiger partial charge in [0.05, 0.1) is 0 Å². The summed E-state index contributed by atoms with van der Waals surface area (Å²) in [6.07, 6.45) is 5.19. The standard InChI is InChI=1S/C15H28N2O2/c1-5-6-11-12(16)9-10-7-8-13(11)17(10)14(18)19-15(2,3)4/h10-13H,5-9,16H2,1-4H3. The summed E-state index contributed by atoms with van der Waals surface area (Å²) in [5.41, 5.74) is 5.88. The lowest BCUT2D eigenvalue weighted by Gasteiger charge is -2.43. The summed E-state index contributed by atoms with van der Waals surface area (Å²) in [4.78, 5) is 14.4. The van der Waals surface area contributed by atoms with Gasteiger partial charge in [-0.25, -0.2) is 4.79 Å². The molecule has 0 aromatic heterocycles. The first-order valence-electron chi connectivity index (χ1n) is 7.60. The molecule has 2 saturated heterocycles. The second-order valence-electron chi connectivity index (χ2n) is 7.04. The fraction of sp³-hybridized carbons (Fsp3) is 0.933. The lowest BCUT2D eigenvalue weighted by Crippen LogP contribution is -2.56. The quantitative estimate of drug-likeness (QED) is 0.837. The molecule has 0 spiro atoms. The molecule has 2 aliphatic heterocycles.